The summed E-state index contributed by atoms with van der Waals surface area (Å²) in [5.74, 6) is -0.403. The summed E-state index contributed by atoms with van der Waals surface area (Å²) in [7, 11) is 0. The summed E-state index contributed by atoms with van der Waals surface area (Å²) in [6.07, 6.45) is 1.49. The Kier molecular flexibility index (Phi) is 4.36. The molecule has 26 heavy (non-hydrogen) atoms. The minimum atomic E-state index is -0.274. The van der Waals surface area contributed by atoms with Crippen molar-refractivity contribution in [3.05, 3.63) is 107 Å². The van der Waals surface area contributed by atoms with Crippen molar-refractivity contribution in [3.63, 3.8) is 0 Å². The van der Waals surface area contributed by atoms with Crippen LogP contribution in [0.5, 0.6) is 0 Å². The molecular formula is C23H19NO2. The first-order valence-electron chi connectivity index (χ1n) is 8.81. The van der Waals surface area contributed by atoms with Crippen LogP contribution >= 0.6 is 0 Å². The maximum atomic E-state index is 12.9. The summed E-state index contributed by atoms with van der Waals surface area (Å²) in [5, 5.41) is 0. The van der Waals surface area contributed by atoms with Crippen LogP contribution in [0.3, 0.4) is 0 Å². The van der Waals surface area contributed by atoms with Crippen LogP contribution in [0.25, 0.3) is 0 Å². The molecule has 0 spiro atoms. The third-order valence-corrected chi connectivity index (χ3v) is 4.87. The minimum Gasteiger partial charge on any atom is -0.269 e. The van der Waals surface area contributed by atoms with E-state index in [1.165, 1.54) is 10.5 Å². The van der Waals surface area contributed by atoms with Crippen molar-refractivity contribution in [2.24, 2.45) is 0 Å². The predicted molar refractivity (Wildman–Crippen MR) is 101 cm³/mol. The maximum absolute atomic E-state index is 12.9. The van der Waals surface area contributed by atoms with E-state index in [9.17, 15) is 9.59 Å². The fourth-order valence-corrected chi connectivity index (χ4v) is 3.56. The number of aryl methyl sites for hydroxylation is 1. The van der Waals surface area contributed by atoms with Crippen LogP contribution in [-0.2, 0) is 6.42 Å². The Hall–Kier alpha value is -3.20. The van der Waals surface area contributed by atoms with Crippen LogP contribution < -0.4 is 0 Å². The zero-order chi connectivity index (χ0) is 17.9. The zero-order valence-electron chi connectivity index (χ0n) is 14.3. The van der Waals surface area contributed by atoms with Gasteiger partial charge in [0.1, 0.15) is 0 Å². The second-order valence-electron chi connectivity index (χ2n) is 6.48. The van der Waals surface area contributed by atoms with Gasteiger partial charge in [-0.1, -0.05) is 72.8 Å². The lowest BCUT2D eigenvalue weighted by atomic mass is 9.97. The van der Waals surface area contributed by atoms with Crippen LogP contribution in [0.1, 0.15) is 44.3 Å². The molecule has 1 aliphatic heterocycles. The average Bonchev–Trinajstić information content (AvgIpc) is 2.95. The Morgan fingerprint density at radius 2 is 1.15 bits per heavy atom. The molecule has 1 atom stereocenters. The summed E-state index contributed by atoms with van der Waals surface area (Å²) >= 11 is 0. The summed E-state index contributed by atoms with van der Waals surface area (Å²) in [6, 6.07) is 26.8. The van der Waals surface area contributed by atoms with Gasteiger partial charge in [-0.25, -0.2) is 0 Å². The fourth-order valence-electron chi connectivity index (χ4n) is 3.56. The van der Waals surface area contributed by atoms with Gasteiger partial charge < -0.3 is 0 Å². The van der Waals surface area contributed by atoms with Gasteiger partial charge in [-0.05, 0) is 36.1 Å². The quantitative estimate of drug-likeness (QED) is 0.633. The highest BCUT2D eigenvalue weighted by Crippen LogP contribution is 2.34. The molecule has 3 aromatic rings. The van der Waals surface area contributed by atoms with Gasteiger partial charge >= 0.3 is 0 Å². The molecular weight excluding hydrogens is 322 g/mol. The van der Waals surface area contributed by atoms with E-state index in [4.69, 9.17) is 0 Å². The van der Waals surface area contributed by atoms with Gasteiger partial charge in [0.25, 0.3) is 11.8 Å². The summed E-state index contributed by atoms with van der Waals surface area (Å²) < 4.78 is 0. The van der Waals surface area contributed by atoms with Crippen molar-refractivity contribution < 1.29 is 9.59 Å². The van der Waals surface area contributed by atoms with Gasteiger partial charge in [0.15, 0.2) is 0 Å². The lowest BCUT2D eigenvalue weighted by Crippen LogP contribution is -2.34. The Bertz CT molecular complexity index is 900. The van der Waals surface area contributed by atoms with Gasteiger partial charge in [-0.2, -0.15) is 0 Å². The molecule has 4 rings (SSSR count). The van der Waals surface area contributed by atoms with Crippen molar-refractivity contribution >= 4 is 11.8 Å². The number of fused-ring (bicyclic) bond motifs is 1. The lowest BCUT2D eigenvalue weighted by molar-refractivity contribution is 0.0574. The number of carbonyl (C=O) groups excluding carboxylic acids is 2. The predicted octanol–water partition coefficient (Wildman–Crippen LogP) is 4.66. The van der Waals surface area contributed by atoms with E-state index in [1.807, 2.05) is 48.5 Å². The summed E-state index contributed by atoms with van der Waals surface area (Å²) in [6.45, 7) is 0. The molecule has 3 nitrogen and oxygen atoms in total. The summed E-state index contributed by atoms with van der Waals surface area (Å²) in [5.41, 5.74) is 3.18. The standard InChI is InChI=1S/C23H19NO2/c25-22-19-13-7-8-14-20(19)23(26)24(22)21(18-11-5-2-6-12-18)16-15-17-9-3-1-4-10-17/h1-14,21H,15-16H2. The molecule has 0 aliphatic carbocycles. The molecule has 0 fully saturated rings. The Balaban J connectivity index is 1.68. The highest BCUT2D eigenvalue weighted by molar-refractivity contribution is 6.21. The molecule has 0 bridgehead atoms. The van der Waals surface area contributed by atoms with Gasteiger partial charge in [0.05, 0.1) is 17.2 Å². The Labute approximate surface area is 152 Å². The molecule has 2 amide bonds. The molecule has 128 valence electrons. The molecule has 0 radical (unpaired) electrons. The second kappa shape index (κ2) is 6.96. The molecule has 0 aromatic heterocycles. The van der Waals surface area contributed by atoms with Crippen LogP contribution in [0.15, 0.2) is 84.9 Å². The Morgan fingerprint density at radius 3 is 1.73 bits per heavy atom. The number of rotatable bonds is 5. The van der Waals surface area contributed by atoms with Crippen molar-refractivity contribution in [1.82, 2.24) is 4.90 Å². The molecule has 1 heterocycles. The van der Waals surface area contributed by atoms with Crippen molar-refractivity contribution in [2.45, 2.75) is 18.9 Å². The fraction of sp³-hybridized carbons (Fsp3) is 0.130. The first kappa shape index (κ1) is 16.3. The number of hydrogen-bond donors (Lipinski definition) is 0. The van der Waals surface area contributed by atoms with E-state index in [1.54, 1.807) is 24.3 Å². The highest BCUT2D eigenvalue weighted by atomic mass is 16.2. The zero-order valence-corrected chi connectivity index (χ0v) is 14.3. The second-order valence-corrected chi connectivity index (χ2v) is 6.48. The molecule has 0 saturated carbocycles. The minimum absolute atomic E-state index is 0.201. The van der Waals surface area contributed by atoms with Crippen LogP contribution in [-0.4, -0.2) is 16.7 Å². The van der Waals surface area contributed by atoms with E-state index < -0.39 is 0 Å². The lowest BCUT2D eigenvalue weighted by Gasteiger charge is -2.27. The van der Waals surface area contributed by atoms with Crippen LogP contribution in [0.4, 0.5) is 0 Å². The van der Waals surface area contributed by atoms with Gasteiger partial charge in [0, 0.05) is 0 Å². The van der Waals surface area contributed by atoms with Crippen LogP contribution in [0.2, 0.25) is 0 Å². The number of benzene rings is 3. The van der Waals surface area contributed by atoms with Crippen molar-refractivity contribution in [2.75, 3.05) is 0 Å². The first-order chi connectivity index (χ1) is 12.8. The van der Waals surface area contributed by atoms with Gasteiger partial charge in [-0.15, -0.1) is 0 Å². The van der Waals surface area contributed by atoms with Crippen molar-refractivity contribution in [3.8, 4) is 0 Å². The summed E-state index contributed by atoms with van der Waals surface area (Å²) in [4.78, 5) is 27.3. The number of hydrogen-bond acceptors (Lipinski definition) is 2. The monoisotopic (exact) mass is 341 g/mol. The molecule has 1 aliphatic rings. The van der Waals surface area contributed by atoms with Gasteiger partial charge in [0.2, 0.25) is 0 Å². The smallest absolute Gasteiger partial charge is 0.262 e. The largest absolute Gasteiger partial charge is 0.269 e. The normalized spacial score (nSPS) is 14.4. The van der Waals surface area contributed by atoms with E-state index in [0.29, 0.717) is 17.5 Å². The molecule has 3 heteroatoms. The third kappa shape index (κ3) is 2.92. The maximum Gasteiger partial charge on any atom is 0.262 e. The van der Waals surface area contributed by atoms with E-state index in [-0.39, 0.29) is 17.9 Å². The number of amides is 2. The van der Waals surface area contributed by atoms with E-state index in [0.717, 1.165) is 12.0 Å². The van der Waals surface area contributed by atoms with E-state index in [2.05, 4.69) is 12.1 Å². The topological polar surface area (TPSA) is 37.4 Å². The number of imide groups is 1. The van der Waals surface area contributed by atoms with Gasteiger partial charge in [-0.3, -0.25) is 14.5 Å². The van der Waals surface area contributed by atoms with E-state index >= 15 is 0 Å². The Morgan fingerprint density at radius 1 is 0.654 bits per heavy atom. The number of carbonyl (C=O) groups is 2. The SMILES string of the molecule is O=C1c2ccccc2C(=O)N1C(CCc1ccccc1)c1ccccc1. The third-order valence-electron chi connectivity index (χ3n) is 4.87. The first-order valence-corrected chi connectivity index (χ1v) is 8.81. The number of nitrogens with zero attached hydrogens (tertiary/aromatic N) is 1. The average molecular weight is 341 g/mol. The van der Waals surface area contributed by atoms with Crippen molar-refractivity contribution in [1.29, 1.82) is 0 Å². The molecule has 3 aromatic carbocycles. The molecule has 0 N–H and O–H groups in total. The molecule has 1 unspecified atom stereocenters. The molecule has 0 saturated heterocycles. The highest BCUT2D eigenvalue weighted by Gasteiger charge is 2.40. The van der Waals surface area contributed by atoms with Crippen LogP contribution in [0, 0.1) is 0 Å².